The van der Waals surface area contributed by atoms with E-state index in [9.17, 15) is 4.79 Å². The lowest BCUT2D eigenvalue weighted by atomic mass is 10.2. The molecule has 1 fully saturated rings. The molecule has 0 radical (unpaired) electrons. The molecule has 0 unspecified atom stereocenters. The zero-order chi connectivity index (χ0) is 20.5. The summed E-state index contributed by atoms with van der Waals surface area (Å²) in [6.07, 6.45) is 2.44. The van der Waals surface area contributed by atoms with Gasteiger partial charge in [-0.2, -0.15) is 0 Å². The molecule has 9 heteroatoms. The Bertz CT molecular complexity index is 1070. The smallest absolute Gasteiger partial charge is 0.290 e. The minimum atomic E-state index is -0.443. The van der Waals surface area contributed by atoms with Crippen LogP contribution in [0.15, 0.2) is 34.7 Å². The number of guanidine groups is 1. The fourth-order valence-corrected chi connectivity index (χ4v) is 3.63. The first-order valence-corrected chi connectivity index (χ1v) is 9.72. The second-order valence-corrected chi connectivity index (χ2v) is 7.48. The second-order valence-electron chi connectivity index (χ2n) is 7.07. The Labute approximate surface area is 172 Å². The molecule has 0 aliphatic carbocycles. The number of rotatable bonds is 5. The van der Waals surface area contributed by atoms with E-state index in [0.29, 0.717) is 27.6 Å². The lowest BCUT2D eigenvalue weighted by Gasteiger charge is -2.12. The number of benzene rings is 1. The van der Waals surface area contributed by atoms with Crippen LogP contribution < -0.4 is 10.5 Å². The summed E-state index contributed by atoms with van der Waals surface area (Å²) < 4.78 is 11.7. The van der Waals surface area contributed by atoms with Crippen molar-refractivity contribution in [1.82, 2.24) is 14.8 Å². The summed E-state index contributed by atoms with van der Waals surface area (Å²) in [5.74, 6) is 0.902. The molecule has 2 aromatic heterocycles. The summed E-state index contributed by atoms with van der Waals surface area (Å²) in [4.78, 5) is 18.9. The Hall–Kier alpha value is -2.97. The van der Waals surface area contributed by atoms with Crippen molar-refractivity contribution in [2.45, 2.75) is 19.4 Å². The summed E-state index contributed by atoms with van der Waals surface area (Å²) in [5.41, 5.74) is 6.22. The number of amides is 1. The van der Waals surface area contributed by atoms with Crippen LogP contribution in [0.4, 0.5) is 0 Å². The summed E-state index contributed by atoms with van der Waals surface area (Å²) in [7, 11) is 1.43. The molecule has 3 aromatic rings. The Morgan fingerprint density at radius 3 is 2.83 bits per heavy atom. The monoisotopic (exact) mass is 415 g/mol. The molecule has 1 saturated heterocycles. The number of nitrogens with zero attached hydrogens (tertiary/aromatic N) is 2. The number of likely N-dealkylation sites (tertiary alicyclic amines) is 1. The quantitative estimate of drug-likeness (QED) is 0.434. The predicted molar refractivity (Wildman–Crippen MR) is 111 cm³/mol. The third-order valence-corrected chi connectivity index (χ3v) is 5.35. The number of hydrogen-bond donors (Lipinski definition) is 3. The first-order chi connectivity index (χ1) is 13.9. The summed E-state index contributed by atoms with van der Waals surface area (Å²) in [6, 6.07) is 8.72. The largest absolute Gasteiger partial charge is 0.429 e. The molecular formula is C20H22ClN5O3. The van der Waals surface area contributed by atoms with E-state index in [0.717, 1.165) is 30.3 Å². The van der Waals surface area contributed by atoms with Gasteiger partial charge in [-0.15, -0.1) is 0 Å². The van der Waals surface area contributed by atoms with Gasteiger partial charge in [0.25, 0.3) is 11.9 Å². The molecule has 29 heavy (non-hydrogen) atoms. The highest BCUT2D eigenvalue weighted by Crippen LogP contribution is 2.35. The van der Waals surface area contributed by atoms with Gasteiger partial charge in [0.1, 0.15) is 11.5 Å². The maximum Gasteiger partial charge on any atom is 0.290 e. The standard InChI is InChI=1S/C20H22ClN5O3/c1-25(20(22)23)19(27)15-10-13-14(21)5-6-16(18(13)24-15)29-17-7-4-12(28-17)11-26-8-2-3-9-26/h4-7,10,24H,2-3,8-9,11H2,1H3,(H3,22,23). The molecule has 0 atom stereocenters. The fraction of sp³-hybridized carbons (Fsp3) is 0.300. The van der Waals surface area contributed by atoms with Crippen molar-refractivity contribution >= 4 is 34.4 Å². The molecular weight excluding hydrogens is 394 g/mol. The average molecular weight is 416 g/mol. The number of H-pyrrole nitrogens is 1. The van der Waals surface area contributed by atoms with E-state index in [1.165, 1.54) is 19.9 Å². The van der Waals surface area contributed by atoms with Crippen LogP contribution in [0.3, 0.4) is 0 Å². The second kappa shape index (κ2) is 7.81. The minimum absolute atomic E-state index is 0.254. The van der Waals surface area contributed by atoms with Gasteiger partial charge in [0.05, 0.1) is 17.1 Å². The first-order valence-electron chi connectivity index (χ1n) is 9.34. The van der Waals surface area contributed by atoms with Crippen molar-refractivity contribution in [3.63, 3.8) is 0 Å². The first kappa shape index (κ1) is 19.4. The van der Waals surface area contributed by atoms with Crippen LogP contribution in [-0.2, 0) is 6.54 Å². The van der Waals surface area contributed by atoms with Gasteiger partial charge in [0.15, 0.2) is 11.7 Å². The summed E-state index contributed by atoms with van der Waals surface area (Å²) >= 11 is 6.30. The molecule has 8 nitrogen and oxygen atoms in total. The van der Waals surface area contributed by atoms with Gasteiger partial charge >= 0.3 is 0 Å². The van der Waals surface area contributed by atoms with Gasteiger partial charge in [0.2, 0.25) is 0 Å². The number of fused-ring (bicyclic) bond motifs is 1. The number of halogens is 1. The van der Waals surface area contributed by atoms with Crippen molar-refractivity contribution in [2.24, 2.45) is 5.73 Å². The molecule has 1 aliphatic rings. The normalized spacial score (nSPS) is 14.4. The molecule has 1 aromatic carbocycles. The van der Waals surface area contributed by atoms with Crippen molar-refractivity contribution in [1.29, 1.82) is 5.41 Å². The number of aromatic amines is 1. The maximum atomic E-state index is 12.5. The van der Waals surface area contributed by atoms with E-state index < -0.39 is 5.91 Å². The van der Waals surface area contributed by atoms with E-state index in [-0.39, 0.29) is 11.7 Å². The van der Waals surface area contributed by atoms with Gasteiger partial charge in [0, 0.05) is 18.5 Å². The van der Waals surface area contributed by atoms with E-state index in [1.54, 1.807) is 24.3 Å². The van der Waals surface area contributed by atoms with Gasteiger partial charge in [-0.25, -0.2) is 0 Å². The van der Waals surface area contributed by atoms with E-state index in [1.807, 2.05) is 6.07 Å². The average Bonchev–Trinajstić information content (AvgIpc) is 3.44. The van der Waals surface area contributed by atoms with Crippen LogP contribution in [-0.4, -0.2) is 46.8 Å². The number of nitrogens with one attached hydrogen (secondary N) is 2. The molecule has 3 heterocycles. The van der Waals surface area contributed by atoms with E-state index in [4.69, 9.17) is 31.9 Å². The highest BCUT2D eigenvalue weighted by Gasteiger charge is 2.20. The molecule has 4 rings (SSSR count). The Morgan fingerprint density at radius 1 is 1.34 bits per heavy atom. The van der Waals surface area contributed by atoms with Crippen LogP contribution in [0.2, 0.25) is 5.02 Å². The van der Waals surface area contributed by atoms with Crippen molar-refractivity contribution in [3.8, 4) is 11.7 Å². The number of ether oxygens (including phenoxy) is 1. The zero-order valence-electron chi connectivity index (χ0n) is 16.0. The van der Waals surface area contributed by atoms with Crippen molar-refractivity contribution in [3.05, 3.63) is 46.8 Å². The van der Waals surface area contributed by atoms with Gasteiger partial charge in [-0.05, 0) is 50.2 Å². The van der Waals surface area contributed by atoms with E-state index in [2.05, 4.69) is 9.88 Å². The molecule has 152 valence electrons. The third-order valence-electron chi connectivity index (χ3n) is 5.02. The topological polar surface area (TPSA) is 112 Å². The van der Waals surface area contributed by atoms with Gasteiger partial charge < -0.3 is 19.9 Å². The van der Waals surface area contributed by atoms with Crippen molar-refractivity contribution in [2.75, 3.05) is 20.1 Å². The number of hydrogen-bond acceptors (Lipinski definition) is 5. The Balaban J connectivity index is 1.59. The van der Waals surface area contributed by atoms with Gasteiger partial charge in [-0.1, -0.05) is 11.6 Å². The molecule has 1 aliphatic heterocycles. The van der Waals surface area contributed by atoms with Crippen LogP contribution in [0.25, 0.3) is 10.9 Å². The predicted octanol–water partition coefficient (Wildman–Crippen LogP) is 3.77. The Kier molecular flexibility index (Phi) is 5.21. The van der Waals surface area contributed by atoms with Crippen molar-refractivity contribution < 1.29 is 13.9 Å². The minimum Gasteiger partial charge on any atom is -0.429 e. The third kappa shape index (κ3) is 3.94. The van der Waals surface area contributed by atoms with E-state index >= 15 is 0 Å². The number of furan rings is 1. The Morgan fingerprint density at radius 2 is 2.10 bits per heavy atom. The van der Waals surface area contributed by atoms with Crippen LogP contribution in [0.1, 0.15) is 29.1 Å². The fourth-order valence-electron chi connectivity index (χ4n) is 3.42. The molecule has 1 amide bonds. The highest BCUT2D eigenvalue weighted by molar-refractivity contribution is 6.35. The highest BCUT2D eigenvalue weighted by atomic mass is 35.5. The summed E-state index contributed by atoms with van der Waals surface area (Å²) in [5, 5.41) is 8.54. The molecule has 0 spiro atoms. The van der Waals surface area contributed by atoms with Gasteiger partial charge in [-0.3, -0.25) is 20.0 Å². The lowest BCUT2D eigenvalue weighted by molar-refractivity contribution is 0.0864. The molecule has 0 saturated carbocycles. The number of nitrogens with two attached hydrogens (primary N) is 1. The lowest BCUT2D eigenvalue weighted by Crippen LogP contribution is -2.38. The number of aromatic nitrogens is 1. The van der Waals surface area contributed by atoms with Crippen LogP contribution in [0.5, 0.6) is 11.7 Å². The van der Waals surface area contributed by atoms with Crippen LogP contribution in [0, 0.1) is 5.41 Å². The maximum absolute atomic E-state index is 12.5. The molecule has 4 N–H and O–H groups in total. The zero-order valence-corrected chi connectivity index (χ0v) is 16.8. The number of carbonyl (C=O) groups is 1. The molecule has 0 bridgehead atoms. The SMILES string of the molecule is CN(C(=N)N)C(=O)c1cc2c(Cl)ccc(Oc3ccc(CN4CCCC4)o3)c2[nH]1. The van der Waals surface area contributed by atoms with Crippen LogP contribution >= 0.6 is 11.6 Å². The summed E-state index contributed by atoms with van der Waals surface area (Å²) in [6.45, 7) is 2.93. The number of carbonyl (C=O) groups excluding carboxylic acids is 1.